The number of methoxy groups -OCH3 is 1. The molecule has 25 heavy (non-hydrogen) atoms. The zero-order valence-electron chi connectivity index (χ0n) is 13.7. The molecule has 0 saturated carbocycles. The molecule has 2 rings (SSSR count). The van der Waals surface area contributed by atoms with E-state index in [1.165, 1.54) is 32.4 Å². The molecule has 0 unspecified atom stereocenters. The maximum absolute atomic E-state index is 12.4. The van der Waals surface area contributed by atoms with E-state index in [1.807, 2.05) is 0 Å². The van der Waals surface area contributed by atoms with Gasteiger partial charge in [-0.1, -0.05) is 17.7 Å². The number of amides is 1. The van der Waals surface area contributed by atoms with Crippen LogP contribution < -0.4 is 20.5 Å². The number of sulfonamides is 1. The smallest absolute Gasteiger partial charge is 0.253 e. The van der Waals surface area contributed by atoms with Crippen LogP contribution in [0.1, 0.15) is 15.9 Å². The summed E-state index contributed by atoms with van der Waals surface area (Å²) in [7, 11) is -0.866. The lowest BCUT2D eigenvalue weighted by molar-refractivity contribution is 0.0951. The highest BCUT2D eigenvalue weighted by Crippen LogP contribution is 2.25. The molecular weight excluding hydrogens is 366 g/mol. The fraction of sp³-hybridized carbons (Fsp3) is 0.188. The maximum atomic E-state index is 12.4. The van der Waals surface area contributed by atoms with Crippen molar-refractivity contribution in [2.75, 3.05) is 19.9 Å². The standard InChI is InChI=1S/C16H18ClN3O4S/c1-19-25(22,23)11-4-5-14(18)12(8-11)16(21)20-9-10-3-6-15(24-2)13(17)7-10/h3-8,19H,9,18H2,1-2H3,(H,20,21). The van der Waals surface area contributed by atoms with Crippen LogP contribution in [0.15, 0.2) is 41.3 Å². The third kappa shape index (κ3) is 4.41. The lowest BCUT2D eigenvalue weighted by Gasteiger charge is -2.11. The normalized spacial score (nSPS) is 11.2. The van der Waals surface area contributed by atoms with Crippen LogP contribution in [0.4, 0.5) is 5.69 Å². The summed E-state index contributed by atoms with van der Waals surface area (Å²) in [5.41, 5.74) is 6.81. The van der Waals surface area contributed by atoms with Crippen molar-refractivity contribution in [1.29, 1.82) is 0 Å². The number of benzene rings is 2. The minimum Gasteiger partial charge on any atom is -0.495 e. The summed E-state index contributed by atoms with van der Waals surface area (Å²) in [5.74, 6) is 0.0450. The Kier molecular flexibility index (Phi) is 5.89. The molecule has 0 radical (unpaired) electrons. The van der Waals surface area contributed by atoms with Crippen molar-refractivity contribution in [3.8, 4) is 5.75 Å². The fourth-order valence-electron chi connectivity index (χ4n) is 2.11. The van der Waals surface area contributed by atoms with Crippen LogP contribution in [0.25, 0.3) is 0 Å². The summed E-state index contributed by atoms with van der Waals surface area (Å²) in [5, 5.41) is 3.11. The number of anilines is 1. The first kappa shape index (κ1) is 19.0. The van der Waals surface area contributed by atoms with Gasteiger partial charge in [0.1, 0.15) is 5.75 Å². The van der Waals surface area contributed by atoms with Gasteiger partial charge in [0, 0.05) is 12.2 Å². The summed E-state index contributed by atoms with van der Waals surface area (Å²) < 4.78 is 31.0. The molecule has 2 aromatic rings. The van der Waals surface area contributed by atoms with Gasteiger partial charge in [0.25, 0.3) is 5.91 Å². The fourth-order valence-corrected chi connectivity index (χ4v) is 3.15. The Bertz CT molecular complexity index is 900. The van der Waals surface area contributed by atoms with Gasteiger partial charge in [-0.3, -0.25) is 4.79 Å². The van der Waals surface area contributed by atoms with Gasteiger partial charge in [0.2, 0.25) is 10.0 Å². The molecule has 0 saturated heterocycles. The first-order chi connectivity index (χ1) is 11.8. The van der Waals surface area contributed by atoms with Gasteiger partial charge in [-0.05, 0) is 42.9 Å². The van der Waals surface area contributed by atoms with E-state index in [4.69, 9.17) is 22.1 Å². The average molecular weight is 384 g/mol. The van der Waals surface area contributed by atoms with Crippen molar-refractivity contribution >= 4 is 33.2 Å². The molecule has 0 aliphatic heterocycles. The highest BCUT2D eigenvalue weighted by atomic mass is 35.5. The molecule has 0 aliphatic carbocycles. The van der Waals surface area contributed by atoms with Crippen LogP contribution in [-0.4, -0.2) is 28.5 Å². The van der Waals surface area contributed by atoms with Crippen LogP contribution >= 0.6 is 11.6 Å². The molecule has 4 N–H and O–H groups in total. The van der Waals surface area contributed by atoms with Gasteiger partial charge in [0.15, 0.2) is 0 Å². The van der Waals surface area contributed by atoms with Crippen LogP contribution in [0.3, 0.4) is 0 Å². The second-order valence-corrected chi connectivity index (χ2v) is 7.40. The third-order valence-electron chi connectivity index (χ3n) is 3.52. The molecule has 1 amide bonds. The van der Waals surface area contributed by atoms with Crippen molar-refractivity contribution in [1.82, 2.24) is 10.0 Å². The average Bonchev–Trinajstić information content (AvgIpc) is 2.60. The summed E-state index contributed by atoms with van der Waals surface area (Å²) in [6, 6.07) is 9.07. The predicted octanol–water partition coefficient (Wildman–Crippen LogP) is 1.77. The van der Waals surface area contributed by atoms with Crippen LogP contribution in [0, 0.1) is 0 Å². The van der Waals surface area contributed by atoms with Gasteiger partial charge >= 0.3 is 0 Å². The van der Waals surface area contributed by atoms with Gasteiger partial charge in [-0.25, -0.2) is 13.1 Å². The van der Waals surface area contributed by atoms with E-state index in [0.717, 1.165) is 5.56 Å². The molecule has 134 valence electrons. The number of carbonyl (C=O) groups is 1. The van der Waals surface area contributed by atoms with Gasteiger partial charge in [0.05, 0.1) is 22.6 Å². The first-order valence-electron chi connectivity index (χ1n) is 7.22. The van der Waals surface area contributed by atoms with E-state index in [0.29, 0.717) is 10.8 Å². The Labute approximate surface area is 151 Å². The second-order valence-electron chi connectivity index (χ2n) is 5.11. The minimum atomic E-state index is -3.67. The van der Waals surface area contributed by atoms with E-state index >= 15 is 0 Å². The largest absolute Gasteiger partial charge is 0.495 e. The van der Waals surface area contributed by atoms with Crippen LogP contribution in [0.5, 0.6) is 5.75 Å². The quantitative estimate of drug-likeness (QED) is 0.658. The van der Waals surface area contributed by atoms with Gasteiger partial charge < -0.3 is 15.8 Å². The highest BCUT2D eigenvalue weighted by Gasteiger charge is 2.17. The van der Waals surface area contributed by atoms with Crippen molar-refractivity contribution in [3.05, 3.63) is 52.5 Å². The lowest BCUT2D eigenvalue weighted by Crippen LogP contribution is -2.25. The molecule has 0 aromatic heterocycles. The lowest BCUT2D eigenvalue weighted by atomic mass is 10.1. The van der Waals surface area contributed by atoms with Gasteiger partial charge in [-0.2, -0.15) is 0 Å². The van der Waals surface area contributed by atoms with E-state index in [-0.39, 0.29) is 22.7 Å². The van der Waals surface area contributed by atoms with Gasteiger partial charge in [-0.15, -0.1) is 0 Å². The van der Waals surface area contributed by atoms with Crippen LogP contribution in [-0.2, 0) is 16.6 Å². The van der Waals surface area contributed by atoms with E-state index in [1.54, 1.807) is 18.2 Å². The Morgan fingerprint density at radius 1 is 1.24 bits per heavy atom. The zero-order valence-corrected chi connectivity index (χ0v) is 15.2. The Hall–Kier alpha value is -2.29. The molecule has 0 spiro atoms. The number of nitrogen functional groups attached to an aromatic ring is 1. The number of hydrogen-bond acceptors (Lipinski definition) is 5. The molecule has 0 bridgehead atoms. The maximum Gasteiger partial charge on any atom is 0.253 e. The van der Waals surface area contributed by atoms with E-state index in [9.17, 15) is 13.2 Å². The summed E-state index contributed by atoms with van der Waals surface area (Å²) in [6.45, 7) is 0.199. The SMILES string of the molecule is CNS(=O)(=O)c1ccc(N)c(C(=O)NCc2ccc(OC)c(Cl)c2)c1. The molecule has 0 fully saturated rings. The Morgan fingerprint density at radius 2 is 1.96 bits per heavy atom. The number of rotatable bonds is 6. The summed E-state index contributed by atoms with van der Waals surface area (Å²) in [4.78, 5) is 12.3. The summed E-state index contributed by atoms with van der Waals surface area (Å²) in [6.07, 6.45) is 0. The molecule has 9 heteroatoms. The number of ether oxygens (including phenoxy) is 1. The third-order valence-corrected chi connectivity index (χ3v) is 5.23. The highest BCUT2D eigenvalue weighted by molar-refractivity contribution is 7.89. The van der Waals surface area contributed by atoms with Crippen molar-refractivity contribution < 1.29 is 17.9 Å². The number of carbonyl (C=O) groups excluding carboxylic acids is 1. The Morgan fingerprint density at radius 3 is 2.56 bits per heavy atom. The van der Waals surface area contributed by atoms with Crippen LogP contribution in [0.2, 0.25) is 5.02 Å². The van der Waals surface area contributed by atoms with Crippen molar-refractivity contribution in [2.24, 2.45) is 0 Å². The topological polar surface area (TPSA) is 111 Å². The monoisotopic (exact) mass is 383 g/mol. The summed E-state index contributed by atoms with van der Waals surface area (Å²) >= 11 is 6.04. The zero-order chi connectivity index (χ0) is 18.6. The van der Waals surface area contributed by atoms with Crippen molar-refractivity contribution in [3.63, 3.8) is 0 Å². The number of nitrogens with one attached hydrogen (secondary N) is 2. The molecule has 0 aliphatic rings. The van der Waals surface area contributed by atoms with E-state index in [2.05, 4.69) is 10.0 Å². The van der Waals surface area contributed by atoms with Crippen molar-refractivity contribution in [2.45, 2.75) is 11.4 Å². The predicted molar refractivity (Wildman–Crippen MR) is 96.3 cm³/mol. The minimum absolute atomic E-state index is 0.0400. The number of halogens is 1. The number of hydrogen-bond donors (Lipinski definition) is 3. The first-order valence-corrected chi connectivity index (χ1v) is 9.08. The number of nitrogens with two attached hydrogens (primary N) is 1. The molecule has 2 aromatic carbocycles. The second kappa shape index (κ2) is 7.73. The molecule has 0 heterocycles. The molecular formula is C16H18ClN3O4S. The van der Waals surface area contributed by atoms with E-state index < -0.39 is 15.9 Å². The molecule has 0 atom stereocenters. The molecule has 7 nitrogen and oxygen atoms in total. The Balaban J connectivity index is 2.18.